The maximum atomic E-state index is 13.0. The fraction of sp³-hybridized carbons (Fsp3) is 0.400. The van der Waals surface area contributed by atoms with Crippen molar-refractivity contribution in [2.75, 3.05) is 12.3 Å². The highest BCUT2D eigenvalue weighted by atomic mass is 32.2. The fourth-order valence-electron chi connectivity index (χ4n) is 3.10. The second-order valence-electron chi connectivity index (χ2n) is 5.82. The van der Waals surface area contributed by atoms with Crippen LogP contribution in [0.5, 0.6) is 0 Å². The third-order valence-electron chi connectivity index (χ3n) is 4.08. The van der Waals surface area contributed by atoms with E-state index < -0.39 is 10.0 Å². The second kappa shape index (κ2) is 4.96. The molecule has 2 aromatic rings. The summed E-state index contributed by atoms with van der Waals surface area (Å²) in [6.45, 7) is 4.58. The Hall–Kier alpha value is -1.66. The Labute approximate surface area is 124 Å². The van der Waals surface area contributed by atoms with Crippen LogP contribution in [-0.4, -0.2) is 30.3 Å². The standard InChI is InChI=1S/C15H19N3O2S/c1-10-8-11(2)18(9-10)21(19,20)14-6-5-13(16)12-4-3-7-17-15(12)14/h3-7,10-11H,8-9,16H2,1-2H3. The number of aromatic nitrogens is 1. The van der Waals surface area contributed by atoms with Gasteiger partial charge in [-0.3, -0.25) is 4.98 Å². The first-order chi connectivity index (χ1) is 9.91. The van der Waals surface area contributed by atoms with Crippen LogP contribution >= 0.6 is 0 Å². The number of rotatable bonds is 2. The number of nitrogens with two attached hydrogens (primary N) is 1. The molecule has 21 heavy (non-hydrogen) atoms. The van der Waals surface area contributed by atoms with E-state index >= 15 is 0 Å². The van der Waals surface area contributed by atoms with Crippen molar-refractivity contribution in [1.29, 1.82) is 0 Å². The summed E-state index contributed by atoms with van der Waals surface area (Å²) in [7, 11) is -3.55. The molecule has 6 heteroatoms. The third-order valence-corrected chi connectivity index (χ3v) is 6.09. The summed E-state index contributed by atoms with van der Waals surface area (Å²) in [5.41, 5.74) is 6.91. The molecule has 2 unspecified atom stereocenters. The Morgan fingerprint density at radius 1 is 1.29 bits per heavy atom. The van der Waals surface area contributed by atoms with Crippen molar-refractivity contribution in [2.24, 2.45) is 5.92 Å². The van der Waals surface area contributed by atoms with E-state index in [-0.39, 0.29) is 10.9 Å². The molecule has 0 radical (unpaired) electrons. The van der Waals surface area contributed by atoms with Gasteiger partial charge in [0, 0.05) is 29.9 Å². The van der Waals surface area contributed by atoms with Crippen LogP contribution in [0.25, 0.3) is 10.9 Å². The predicted octanol–water partition coefficient (Wildman–Crippen LogP) is 2.24. The summed E-state index contributed by atoms with van der Waals surface area (Å²) in [5, 5.41) is 0.679. The molecule has 3 rings (SSSR count). The van der Waals surface area contributed by atoms with Gasteiger partial charge in [-0.15, -0.1) is 0 Å². The van der Waals surface area contributed by atoms with Gasteiger partial charge >= 0.3 is 0 Å². The van der Waals surface area contributed by atoms with E-state index in [0.717, 1.165) is 6.42 Å². The van der Waals surface area contributed by atoms with Gasteiger partial charge in [-0.25, -0.2) is 8.42 Å². The van der Waals surface area contributed by atoms with Crippen molar-refractivity contribution in [3.8, 4) is 0 Å². The van der Waals surface area contributed by atoms with E-state index in [1.165, 1.54) is 0 Å². The first-order valence-corrected chi connectivity index (χ1v) is 8.50. The average molecular weight is 305 g/mol. The van der Waals surface area contributed by atoms with Gasteiger partial charge in [0.1, 0.15) is 4.90 Å². The fourth-order valence-corrected chi connectivity index (χ4v) is 5.01. The Balaban J connectivity index is 2.18. The van der Waals surface area contributed by atoms with Crippen molar-refractivity contribution in [3.63, 3.8) is 0 Å². The number of anilines is 1. The molecular weight excluding hydrogens is 286 g/mol. The highest BCUT2D eigenvalue weighted by molar-refractivity contribution is 7.89. The summed E-state index contributed by atoms with van der Waals surface area (Å²) in [6, 6.07) is 6.78. The summed E-state index contributed by atoms with van der Waals surface area (Å²) in [4.78, 5) is 4.48. The number of hydrogen-bond donors (Lipinski definition) is 1. The van der Waals surface area contributed by atoms with Crippen molar-refractivity contribution in [1.82, 2.24) is 9.29 Å². The van der Waals surface area contributed by atoms with Gasteiger partial charge in [0.25, 0.3) is 0 Å². The molecule has 1 saturated heterocycles. The lowest BCUT2D eigenvalue weighted by Crippen LogP contribution is -2.34. The molecule has 5 nitrogen and oxygen atoms in total. The molecule has 0 aliphatic carbocycles. The van der Waals surface area contributed by atoms with E-state index in [4.69, 9.17) is 5.73 Å². The molecule has 0 amide bonds. The van der Waals surface area contributed by atoms with Gasteiger partial charge in [-0.2, -0.15) is 4.31 Å². The van der Waals surface area contributed by atoms with Crippen molar-refractivity contribution in [2.45, 2.75) is 31.2 Å². The minimum atomic E-state index is -3.55. The Bertz CT molecular complexity index is 789. The highest BCUT2D eigenvalue weighted by Crippen LogP contribution is 2.33. The minimum Gasteiger partial charge on any atom is -0.398 e. The van der Waals surface area contributed by atoms with Gasteiger partial charge in [-0.05, 0) is 43.5 Å². The SMILES string of the molecule is CC1CC(C)N(S(=O)(=O)c2ccc(N)c3cccnc23)C1. The molecule has 0 bridgehead atoms. The Kier molecular flexibility index (Phi) is 3.37. The van der Waals surface area contributed by atoms with Crippen LogP contribution in [-0.2, 0) is 10.0 Å². The Morgan fingerprint density at radius 2 is 2.05 bits per heavy atom. The summed E-state index contributed by atoms with van der Waals surface area (Å²) >= 11 is 0. The molecule has 2 heterocycles. The zero-order chi connectivity index (χ0) is 15.2. The van der Waals surface area contributed by atoms with Crippen LogP contribution in [0.2, 0.25) is 0 Å². The molecular formula is C15H19N3O2S. The maximum Gasteiger partial charge on any atom is 0.245 e. The lowest BCUT2D eigenvalue weighted by atomic mass is 10.1. The number of sulfonamides is 1. The second-order valence-corrected chi connectivity index (χ2v) is 7.68. The molecule has 1 aliphatic heterocycles. The monoisotopic (exact) mass is 305 g/mol. The normalized spacial score (nSPS) is 23.7. The van der Waals surface area contributed by atoms with Crippen molar-refractivity contribution < 1.29 is 8.42 Å². The quantitative estimate of drug-likeness (QED) is 0.863. The van der Waals surface area contributed by atoms with Crippen LogP contribution in [0.15, 0.2) is 35.4 Å². The molecule has 112 valence electrons. The van der Waals surface area contributed by atoms with Gasteiger partial charge in [0.05, 0.1) is 5.52 Å². The van der Waals surface area contributed by atoms with Gasteiger partial charge in [0.15, 0.2) is 0 Å². The largest absolute Gasteiger partial charge is 0.398 e. The van der Waals surface area contributed by atoms with Gasteiger partial charge in [0.2, 0.25) is 10.0 Å². The number of benzene rings is 1. The third kappa shape index (κ3) is 2.28. The maximum absolute atomic E-state index is 13.0. The highest BCUT2D eigenvalue weighted by Gasteiger charge is 2.37. The van der Waals surface area contributed by atoms with Crippen LogP contribution < -0.4 is 5.73 Å². The molecule has 2 atom stereocenters. The smallest absolute Gasteiger partial charge is 0.245 e. The average Bonchev–Trinajstić information content (AvgIpc) is 2.79. The van der Waals surface area contributed by atoms with E-state index in [1.807, 2.05) is 6.92 Å². The molecule has 1 aromatic heterocycles. The van der Waals surface area contributed by atoms with Crippen LogP contribution in [0.3, 0.4) is 0 Å². The Morgan fingerprint density at radius 3 is 2.71 bits per heavy atom. The summed E-state index contributed by atoms with van der Waals surface area (Å²) in [6.07, 6.45) is 2.48. The van der Waals surface area contributed by atoms with E-state index in [9.17, 15) is 8.42 Å². The molecule has 0 saturated carbocycles. The summed E-state index contributed by atoms with van der Waals surface area (Å²) in [5.74, 6) is 0.378. The predicted molar refractivity (Wildman–Crippen MR) is 83.3 cm³/mol. The zero-order valence-corrected chi connectivity index (χ0v) is 13.0. The molecule has 2 N–H and O–H groups in total. The first kappa shape index (κ1) is 14.3. The molecule has 1 fully saturated rings. The van der Waals surface area contributed by atoms with E-state index in [1.54, 1.807) is 34.8 Å². The van der Waals surface area contributed by atoms with Gasteiger partial charge in [-0.1, -0.05) is 6.92 Å². The first-order valence-electron chi connectivity index (χ1n) is 7.06. The van der Waals surface area contributed by atoms with Crippen LogP contribution in [0, 0.1) is 5.92 Å². The minimum absolute atomic E-state index is 0.0151. The van der Waals surface area contributed by atoms with Crippen LogP contribution in [0.4, 0.5) is 5.69 Å². The molecule has 1 aromatic carbocycles. The number of nitrogens with zero attached hydrogens (tertiary/aromatic N) is 2. The van der Waals surface area contributed by atoms with E-state index in [0.29, 0.717) is 29.1 Å². The van der Waals surface area contributed by atoms with Crippen molar-refractivity contribution in [3.05, 3.63) is 30.5 Å². The van der Waals surface area contributed by atoms with Crippen molar-refractivity contribution >= 4 is 26.6 Å². The van der Waals surface area contributed by atoms with Gasteiger partial charge < -0.3 is 5.73 Å². The number of nitrogen functional groups attached to an aromatic ring is 1. The van der Waals surface area contributed by atoms with E-state index in [2.05, 4.69) is 11.9 Å². The molecule has 0 spiro atoms. The lowest BCUT2D eigenvalue weighted by Gasteiger charge is -2.21. The van der Waals surface area contributed by atoms with Crippen LogP contribution in [0.1, 0.15) is 20.3 Å². The summed E-state index contributed by atoms with van der Waals surface area (Å²) < 4.78 is 27.5. The number of hydrogen-bond acceptors (Lipinski definition) is 4. The lowest BCUT2D eigenvalue weighted by molar-refractivity contribution is 0.406. The number of fused-ring (bicyclic) bond motifs is 1. The molecule has 1 aliphatic rings. The number of pyridine rings is 1. The zero-order valence-electron chi connectivity index (χ0n) is 12.2. The topological polar surface area (TPSA) is 76.3 Å².